The van der Waals surface area contributed by atoms with E-state index in [1.54, 1.807) is 35.9 Å². The number of nitrogens with two attached hydrogens (primary N) is 1. The van der Waals surface area contributed by atoms with Gasteiger partial charge in [-0.3, -0.25) is 10.2 Å². The molecule has 17 heavy (non-hydrogen) atoms. The van der Waals surface area contributed by atoms with Crippen molar-refractivity contribution in [2.24, 2.45) is 12.9 Å². The predicted octanol–water partition coefficient (Wildman–Crippen LogP) is 0.534. The van der Waals surface area contributed by atoms with E-state index in [4.69, 9.17) is 5.84 Å². The van der Waals surface area contributed by atoms with Gasteiger partial charge in [-0.2, -0.15) is 0 Å². The normalized spacial score (nSPS) is 10.2. The van der Waals surface area contributed by atoms with Crippen LogP contribution in [0.3, 0.4) is 0 Å². The molecule has 0 fully saturated rings. The molecule has 1 heterocycles. The van der Waals surface area contributed by atoms with Crippen LogP contribution < -0.4 is 22.1 Å². The lowest BCUT2D eigenvalue weighted by atomic mass is 10.2. The highest BCUT2D eigenvalue weighted by molar-refractivity contribution is 5.92. The Kier molecular flexibility index (Phi) is 2.80. The van der Waals surface area contributed by atoms with Crippen molar-refractivity contribution in [1.29, 1.82) is 0 Å². The van der Waals surface area contributed by atoms with Crippen molar-refractivity contribution in [3.05, 3.63) is 40.7 Å². The van der Waals surface area contributed by atoms with Crippen molar-refractivity contribution in [3.8, 4) is 0 Å². The maximum Gasteiger partial charge on any atom is 0.333 e. The first-order chi connectivity index (χ1) is 8.11. The van der Waals surface area contributed by atoms with Crippen molar-refractivity contribution in [3.63, 3.8) is 0 Å². The second-order valence-electron chi connectivity index (χ2n) is 3.60. The summed E-state index contributed by atoms with van der Waals surface area (Å²) in [6.07, 6.45) is 0. The fraction of sp³-hybridized carbons (Fsp3) is 0.0909. The minimum atomic E-state index is -0.492. The van der Waals surface area contributed by atoms with Crippen molar-refractivity contribution in [1.82, 2.24) is 9.99 Å². The molecule has 88 valence electrons. The van der Waals surface area contributed by atoms with Crippen LogP contribution in [0.2, 0.25) is 0 Å². The molecule has 1 aromatic heterocycles. The molecule has 2 rings (SSSR count). The van der Waals surface area contributed by atoms with Crippen LogP contribution in [0.25, 0.3) is 10.9 Å². The first-order valence-corrected chi connectivity index (χ1v) is 4.99. The fourth-order valence-corrected chi connectivity index (χ4v) is 1.63. The summed E-state index contributed by atoms with van der Waals surface area (Å²) in [6, 6.07) is 7.94. The van der Waals surface area contributed by atoms with Crippen LogP contribution in [-0.4, -0.2) is 10.6 Å². The van der Waals surface area contributed by atoms with Gasteiger partial charge in [-0.15, -0.1) is 0 Å². The number of hydrogen-bond acceptors (Lipinski definition) is 3. The molecule has 0 aliphatic heterocycles. The summed E-state index contributed by atoms with van der Waals surface area (Å²) in [7, 11) is 1.70. The summed E-state index contributed by atoms with van der Waals surface area (Å²) in [5.41, 5.74) is 3.32. The molecule has 0 unspecified atom stereocenters. The van der Waals surface area contributed by atoms with Crippen LogP contribution in [0.15, 0.2) is 35.1 Å². The van der Waals surface area contributed by atoms with E-state index >= 15 is 0 Å². The molecule has 0 atom stereocenters. The van der Waals surface area contributed by atoms with Gasteiger partial charge in [0, 0.05) is 24.2 Å². The van der Waals surface area contributed by atoms with Gasteiger partial charge in [-0.1, -0.05) is 0 Å². The third kappa shape index (κ3) is 2.11. The molecule has 6 nitrogen and oxygen atoms in total. The number of nitrogens with one attached hydrogen (secondary N) is 2. The number of amides is 2. The van der Waals surface area contributed by atoms with E-state index in [9.17, 15) is 9.59 Å². The van der Waals surface area contributed by atoms with E-state index in [-0.39, 0.29) is 5.56 Å². The van der Waals surface area contributed by atoms with Crippen molar-refractivity contribution in [2.75, 3.05) is 5.32 Å². The van der Waals surface area contributed by atoms with Crippen LogP contribution in [0, 0.1) is 0 Å². The molecule has 2 amide bonds. The van der Waals surface area contributed by atoms with Crippen LogP contribution in [-0.2, 0) is 7.05 Å². The Labute approximate surface area is 97.0 Å². The van der Waals surface area contributed by atoms with Gasteiger partial charge in [0.15, 0.2) is 0 Å². The highest BCUT2D eigenvalue weighted by atomic mass is 16.2. The Bertz CT molecular complexity index is 633. The van der Waals surface area contributed by atoms with E-state index in [0.717, 1.165) is 10.9 Å². The molecular formula is C11H12N4O2. The zero-order valence-corrected chi connectivity index (χ0v) is 9.23. The molecule has 1 aromatic carbocycles. The maximum atomic E-state index is 11.4. The lowest BCUT2D eigenvalue weighted by molar-refractivity contribution is 0.252. The second kappa shape index (κ2) is 4.26. The molecule has 0 spiro atoms. The Balaban J connectivity index is 2.49. The third-order valence-corrected chi connectivity index (χ3v) is 2.51. The summed E-state index contributed by atoms with van der Waals surface area (Å²) in [6.45, 7) is 0. The monoisotopic (exact) mass is 232 g/mol. The van der Waals surface area contributed by atoms with Crippen LogP contribution >= 0.6 is 0 Å². The summed E-state index contributed by atoms with van der Waals surface area (Å²) < 4.78 is 1.54. The van der Waals surface area contributed by atoms with Crippen molar-refractivity contribution < 1.29 is 4.79 Å². The molecule has 0 saturated heterocycles. The molecule has 0 aliphatic carbocycles. The molecular weight excluding hydrogens is 220 g/mol. The molecule has 6 heteroatoms. The van der Waals surface area contributed by atoms with Gasteiger partial charge in [0.05, 0.1) is 5.52 Å². The van der Waals surface area contributed by atoms with Crippen molar-refractivity contribution in [2.45, 2.75) is 0 Å². The minimum absolute atomic E-state index is 0.0714. The second-order valence-corrected chi connectivity index (χ2v) is 3.60. The van der Waals surface area contributed by atoms with Gasteiger partial charge in [0.1, 0.15) is 0 Å². The number of fused-ring (bicyclic) bond motifs is 1. The lowest BCUT2D eigenvalue weighted by Gasteiger charge is -2.07. The lowest BCUT2D eigenvalue weighted by Crippen LogP contribution is -2.34. The number of nitrogens with zero attached hydrogens (tertiary/aromatic N) is 1. The van der Waals surface area contributed by atoms with Gasteiger partial charge >= 0.3 is 6.03 Å². The SMILES string of the molecule is Cn1c(=O)ccc2cc(NC(=O)NN)ccc21. The van der Waals surface area contributed by atoms with Crippen LogP contribution in [0.1, 0.15) is 0 Å². The number of pyridine rings is 1. The highest BCUT2D eigenvalue weighted by Gasteiger charge is 2.02. The molecule has 4 N–H and O–H groups in total. The smallest absolute Gasteiger partial charge is 0.311 e. The Morgan fingerprint density at radius 3 is 2.76 bits per heavy atom. The number of carbonyl (C=O) groups excluding carboxylic acids is 1. The molecule has 0 bridgehead atoms. The number of anilines is 1. The number of rotatable bonds is 1. The zero-order chi connectivity index (χ0) is 12.4. The van der Waals surface area contributed by atoms with E-state index in [1.807, 2.05) is 5.43 Å². The van der Waals surface area contributed by atoms with E-state index in [0.29, 0.717) is 5.69 Å². The van der Waals surface area contributed by atoms with Gasteiger partial charge in [-0.25, -0.2) is 10.6 Å². The number of aryl methyl sites for hydroxylation is 1. The van der Waals surface area contributed by atoms with E-state index in [2.05, 4.69) is 5.32 Å². The summed E-state index contributed by atoms with van der Waals surface area (Å²) in [5.74, 6) is 4.97. The zero-order valence-electron chi connectivity index (χ0n) is 9.23. The number of carbonyl (C=O) groups is 1. The number of hydrazine groups is 1. The van der Waals surface area contributed by atoms with Crippen molar-refractivity contribution >= 4 is 22.6 Å². The number of benzene rings is 1. The summed E-state index contributed by atoms with van der Waals surface area (Å²) in [4.78, 5) is 22.4. The molecule has 0 aliphatic rings. The summed E-state index contributed by atoms with van der Waals surface area (Å²) in [5, 5.41) is 3.42. The highest BCUT2D eigenvalue weighted by Crippen LogP contribution is 2.17. The molecule has 0 radical (unpaired) electrons. The molecule has 2 aromatic rings. The average molecular weight is 232 g/mol. The van der Waals surface area contributed by atoms with E-state index in [1.165, 1.54) is 6.07 Å². The largest absolute Gasteiger partial charge is 0.333 e. The molecule has 0 saturated carbocycles. The fourth-order valence-electron chi connectivity index (χ4n) is 1.63. The van der Waals surface area contributed by atoms with Gasteiger partial charge in [-0.05, 0) is 24.3 Å². The Hall–Kier alpha value is -2.34. The first-order valence-electron chi connectivity index (χ1n) is 4.99. The number of urea groups is 1. The average Bonchev–Trinajstić information content (AvgIpc) is 2.34. The van der Waals surface area contributed by atoms with Gasteiger partial charge in [0.25, 0.3) is 5.56 Å². The standard InChI is InChI=1S/C11H12N4O2/c1-15-9-4-3-8(13-11(17)14-12)6-7(9)2-5-10(15)16/h2-6H,12H2,1H3,(H2,13,14,17). The quantitative estimate of drug-likeness (QED) is 0.380. The predicted molar refractivity (Wildman–Crippen MR) is 65.5 cm³/mol. The van der Waals surface area contributed by atoms with Crippen LogP contribution in [0.5, 0.6) is 0 Å². The van der Waals surface area contributed by atoms with Gasteiger partial charge in [0.2, 0.25) is 0 Å². The number of hydrogen-bond donors (Lipinski definition) is 3. The van der Waals surface area contributed by atoms with E-state index < -0.39 is 6.03 Å². The Morgan fingerprint density at radius 2 is 2.06 bits per heavy atom. The van der Waals surface area contributed by atoms with Crippen LogP contribution in [0.4, 0.5) is 10.5 Å². The minimum Gasteiger partial charge on any atom is -0.311 e. The topological polar surface area (TPSA) is 89.2 Å². The Morgan fingerprint density at radius 1 is 1.29 bits per heavy atom. The number of aromatic nitrogens is 1. The first kappa shape index (κ1) is 11.2. The van der Waals surface area contributed by atoms with Gasteiger partial charge < -0.3 is 9.88 Å². The maximum absolute atomic E-state index is 11.4. The third-order valence-electron chi connectivity index (χ3n) is 2.51. The summed E-state index contributed by atoms with van der Waals surface area (Å²) >= 11 is 0.